The van der Waals surface area contributed by atoms with Crippen molar-refractivity contribution in [2.75, 3.05) is 0 Å². The number of terminal acetylenes is 1. The third-order valence-corrected chi connectivity index (χ3v) is 1.90. The molecule has 0 radical (unpaired) electrons. The summed E-state index contributed by atoms with van der Waals surface area (Å²) in [5, 5.41) is 0. The van der Waals surface area contributed by atoms with Gasteiger partial charge in [-0.25, -0.2) is 6.42 Å². The van der Waals surface area contributed by atoms with Crippen LogP contribution in [0.5, 0.6) is 0 Å². The number of carbonyl (C=O) groups excluding carboxylic acids is 1. The largest absolute Gasteiger partial charge is 0.718 e. The van der Waals surface area contributed by atoms with Gasteiger partial charge < -0.3 is 34.6 Å². The van der Waals surface area contributed by atoms with Crippen LogP contribution in [0, 0.1) is 12.3 Å². The molecule has 0 heterocycles. The first-order chi connectivity index (χ1) is 7.24. The van der Waals surface area contributed by atoms with Crippen molar-refractivity contribution >= 4 is 5.78 Å². The normalized spacial score (nSPS) is 8.00. The van der Waals surface area contributed by atoms with E-state index in [0.29, 0.717) is 0 Å². The Morgan fingerprint density at radius 3 is 2.00 bits per heavy atom. The van der Waals surface area contributed by atoms with Gasteiger partial charge in [0, 0.05) is 17.1 Å². The van der Waals surface area contributed by atoms with E-state index in [-0.39, 0.29) is 22.9 Å². The van der Waals surface area contributed by atoms with E-state index in [1.807, 2.05) is 48.5 Å². The average molecular weight is 252 g/mol. The fourth-order valence-corrected chi connectivity index (χ4v) is 1.08. The molecular weight excluding hydrogens is 240 g/mol. The number of rotatable bonds is 1. The second kappa shape index (κ2) is 7.70. The molecule has 2 heteroatoms. The maximum absolute atomic E-state index is 10.5. The Balaban J connectivity index is 0.000000267. The molecule has 0 aliphatic rings. The molecule has 0 bridgehead atoms. The van der Waals surface area contributed by atoms with E-state index in [0.717, 1.165) is 11.1 Å². The second-order valence-electron chi connectivity index (χ2n) is 3.05. The van der Waals surface area contributed by atoms with Crippen LogP contribution < -0.4 is 0 Å². The van der Waals surface area contributed by atoms with Crippen molar-refractivity contribution in [2.45, 2.75) is 6.92 Å². The van der Waals surface area contributed by atoms with Gasteiger partial charge in [-0.3, -0.25) is 5.78 Å². The summed E-state index contributed by atoms with van der Waals surface area (Å²) < 4.78 is 0. The van der Waals surface area contributed by atoms with Crippen LogP contribution in [0.15, 0.2) is 48.5 Å². The topological polar surface area (TPSA) is 17.1 Å². The average Bonchev–Trinajstić information content (AvgIpc) is 2.92. The first kappa shape index (κ1) is 14.4. The van der Waals surface area contributed by atoms with Gasteiger partial charge >= 0.3 is 0 Å². The molecular formula is C14H12FeO-6. The zero-order valence-corrected chi connectivity index (χ0v) is 10.1. The fraction of sp³-hybridized carbons (Fsp3) is 0.0714. The smallest absolute Gasteiger partial charge is 0 e. The zero-order valence-electron chi connectivity index (χ0n) is 8.96. The first-order valence-electron chi connectivity index (χ1n) is 4.65. The number of Topliss-reactive ketones (excluding diaryl/α,β-unsaturated/α-hetero) is 1. The van der Waals surface area contributed by atoms with Gasteiger partial charge in [0.1, 0.15) is 0 Å². The minimum atomic E-state index is 0. The van der Waals surface area contributed by atoms with Gasteiger partial charge in [0.15, 0.2) is 0 Å². The van der Waals surface area contributed by atoms with Crippen molar-refractivity contribution in [3.05, 3.63) is 59.7 Å². The minimum absolute atomic E-state index is 0. The molecule has 2 aromatic rings. The molecule has 2 rings (SSSR count). The molecule has 88 valence electrons. The van der Waals surface area contributed by atoms with Crippen molar-refractivity contribution in [2.24, 2.45) is 0 Å². The molecule has 0 saturated heterocycles. The van der Waals surface area contributed by atoms with Crippen LogP contribution in [-0.4, -0.2) is 5.78 Å². The molecule has 0 aliphatic carbocycles. The zero-order chi connectivity index (χ0) is 11.1. The summed E-state index contributed by atoms with van der Waals surface area (Å²) in [5.74, 6) is 2.64. The molecule has 0 amide bonds. The van der Waals surface area contributed by atoms with E-state index in [1.165, 1.54) is 0 Å². The summed E-state index contributed by atoms with van der Waals surface area (Å²) >= 11 is 0. The third-order valence-electron chi connectivity index (χ3n) is 1.90. The van der Waals surface area contributed by atoms with Gasteiger partial charge in [-0.1, -0.05) is 5.56 Å². The Morgan fingerprint density at radius 1 is 1.25 bits per heavy atom. The number of carbonyl (C=O) groups is 1. The van der Waals surface area contributed by atoms with Crippen LogP contribution in [0.1, 0.15) is 22.8 Å². The molecule has 2 aromatic carbocycles. The van der Waals surface area contributed by atoms with Gasteiger partial charge in [-0.15, -0.1) is 19.1 Å². The van der Waals surface area contributed by atoms with Crippen molar-refractivity contribution in [1.82, 2.24) is 0 Å². The van der Waals surface area contributed by atoms with Crippen LogP contribution in [0.2, 0.25) is 0 Å². The third kappa shape index (κ3) is 4.79. The molecule has 0 atom stereocenters. The number of hydrogen-bond acceptors (Lipinski definition) is 1. The van der Waals surface area contributed by atoms with E-state index in [4.69, 9.17) is 6.42 Å². The summed E-state index contributed by atoms with van der Waals surface area (Å²) in [6.07, 6.45) is 5.04. The molecule has 0 spiro atoms. The Labute approximate surface area is 107 Å². The number of ketones is 1. The Bertz CT molecular complexity index is 430. The van der Waals surface area contributed by atoms with Crippen molar-refractivity contribution in [3.63, 3.8) is 0 Å². The van der Waals surface area contributed by atoms with Crippen LogP contribution in [-0.2, 0) is 17.1 Å². The van der Waals surface area contributed by atoms with Crippen LogP contribution in [0.25, 0.3) is 0 Å². The molecule has 0 fully saturated rings. The maximum atomic E-state index is 10.5. The van der Waals surface area contributed by atoms with E-state index in [1.54, 1.807) is 6.92 Å². The van der Waals surface area contributed by atoms with Crippen LogP contribution in [0.3, 0.4) is 0 Å². The fourth-order valence-electron chi connectivity index (χ4n) is 1.08. The summed E-state index contributed by atoms with van der Waals surface area (Å²) in [5.41, 5.74) is 1.75. The van der Waals surface area contributed by atoms with Crippen molar-refractivity contribution in [1.29, 1.82) is 0 Å². The van der Waals surface area contributed by atoms with Crippen molar-refractivity contribution in [3.8, 4) is 12.3 Å². The monoisotopic (exact) mass is 252 g/mol. The summed E-state index contributed by atoms with van der Waals surface area (Å²) in [7, 11) is 0. The van der Waals surface area contributed by atoms with Gasteiger partial charge in [0.05, 0.1) is 0 Å². The van der Waals surface area contributed by atoms with Gasteiger partial charge in [0.2, 0.25) is 0 Å². The molecule has 0 aromatic heterocycles. The minimum Gasteiger partial charge on any atom is -0.718 e. The molecule has 1 nitrogen and oxygen atoms in total. The Hall–Kier alpha value is -1.55. The van der Waals surface area contributed by atoms with Crippen LogP contribution in [0.4, 0.5) is 0 Å². The summed E-state index contributed by atoms with van der Waals surface area (Å²) in [6.45, 7) is 1.56. The van der Waals surface area contributed by atoms with E-state index in [9.17, 15) is 4.79 Å². The predicted molar refractivity (Wildman–Crippen MR) is 62.0 cm³/mol. The maximum Gasteiger partial charge on any atom is 0 e. The Kier molecular flexibility index (Phi) is 6.96. The van der Waals surface area contributed by atoms with E-state index >= 15 is 0 Å². The standard InChI is InChI=1S/C7H7O.C7H5.Fe/c1-6(8)7-4-2-3-5-7;1-2-7-5-3-4-6-7;/h2-5H,1H3;1,3-6H;/q-5;-1;. The summed E-state index contributed by atoms with van der Waals surface area (Å²) in [4.78, 5) is 10.5. The number of hydrogen-bond donors (Lipinski definition) is 0. The second-order valence-corrected chi connectivity index (χ2v) is 3.05. The summed E-state index contributed by atoms with van der Waals surface area (Å²) in [6, 6.07) is 15.0. The molecule has 0 unspecified atom stereocenters. The first-order valence-corrected chi connectivity index (χ1v) is 4.65. The predicted octanol–water partition coefficient (Wildman–Crippen LogP) is 2.99. The molecule has 0 N–H and O–H groups in total. The van der Waals surface area contributed by atoms with Gasteiger partial charge in [-0.2, -0.15) is 18.1 Å². The molecule has 0 aliphatic heterocycles. The quantitative estimate of drug-likeness (QED) is 0.330. The SMILES string of the molecule is C#C[c-]1cccc1.CC(=O)[c-]1[cH-][cH-][cH-][cH-]1.[Fe]. The Morgan fingerprint density at radius 2 is 1.75 bits per heavy atom. The van der Waals surface area contributed by atoms with Gasteiger partial charge in [-0.05, 0) is 0 Å². The van der Waals surface area contributed by atoms with E-state index in [2.05, 4.69) is 5.92 Å². The van der Waals surface area contributed by atoms with Crippen LogP contribution >= 0.6 is 0 Å². The van der Waals surface area contributed by atoms with Gasteiger partial charge in [0.25, 0.3) is 0 Å². The molecule has 16 heavy (non-hydrogen) atoms. The van der Waals surface area contributed by atoms with Crippen molar-refractivity contribution < 1.29 is 21.9 Å². The van der Waals surface area contributed by atoms with E-state index < -0.39 is 0 Å². The molecule has 0 saturated carbocycles.